The van der Waals surface area contributed by atoms with Crippen molar-refractivity contribution >= 4 is 5.69 Å². The van der Waals surface area contributed by atoms with Crippen LogP contribution >= 0.6 is 0 Å². The lowest BCUT2D eigenvalue weighted by atomic mass is 9.44. The minimum Gasteiger partial charge on any atom is -0.382 e. The predicted molar refractivity (Wildman–Crippen MR) is 183 cm³/mol. The summed E-state index contributed by atoms with van der Waals surface area (Å²) in [6.07, 6.45) is 19.8. The fraction of sp³-hybridized carbons (Fsp3) is 0.795. The molecule has 1 aromatic carbocycles. The Bertz CT molecular complexity index is 885. The van der Waals surface area contributed by atoms with E-state index in [-0.39, 0.29) is 14.9 Å². The molecule has 0 saturated heterocycles. The maximum atomic E-state index is 3.76. The molecule has 3 saturated carbocycles. The van der Waals surface area contributed by atoms with Crippen LogP contribution in [0.15, 0.2) is 35.9 Å². The molecule has 8 atom stereocenters. The van der Waals surface area contributed by atoms with Gasteiger partial charge in [-0.25, -0.2) is 0 Å². The van der Waals surface area contributed by atoms with Crippen molar-refractivity contribution in [1.29, 1.82) is 0 Å². The number of allylic oxidation sites excluding steroid dienone is 2. The molecule has 3 fully saturated rings. The van der Waals surface area contributed by atoms with Crippen molar-refractivity contribution in [3.8, 4) is 0 Å². The predicted octanol–water partition coefficient (Wildman–Crippen LogP) is 12.9. The summed E-state index contributed by atoms with van der Waals surface area (Å²) < 4.78 is 0. The van der Waals surface area contributed by atoms with E-state index >= 15 is 0 Å². The first-order valence-corrected chi connectivity index (χ1v) is 16.7. The van der Waals surface area contributed by atoms with Gasteiger partial charge in [-0.15, -0.1) is 0 Å². The lowest BCUT2D eigenvalue weighted by Crippen LogP contribution is -2.52. The Morgan fingerprint density at radius 3 is 2.33 bits per heavy atom. The molecule has 232 valence electrons. The number of fused-ring (bicyclic) bond motifs is 5. The largest absolute Gasteiger partial charge is 0.382 e. The zero-order chi connectivity index (χ0) is 27.9. The third-order valence-electron chi connectivity index (χ3n) is 11.2. The van der Waals surface area contributed by atoms with Crippen molar-refractivity contribution in [1.82, 2.24) is 0 Å². The zero-order valence-electron chi connectivity index (χ0n) is 26.8. The smallest absolute Gasteiger partial charge is 0.0371 e. The molecule has 4 aliphatic rings. The van der Waals surface area contributed by atoms with Gasteiger partial charge in [0.25, 0.3) is 0 Å². The topological polar surface area (TPSA) is 12.0 Å². The van der Waals surface area contributed by atoms with Gasteiger partial charge >= 0.3 is 0 Å². The average molecular weight is 554 g/mol. The van der Waals surface area contributed by atoms with Crippen LogP contribution in [-0.4, -0.2) is 6.04 Å². The summed E-state index contributed by atoms with van der Waals surface area (Å²) in [5, 5.41) is 3.76. The normalized spacial score (nSPS) is 34.3. The third-order valence-corrected chi connectivity index (χ3v) is 11.2. The quantitative estimate of drug-likeness (QED) is 0.345. The molecule has 40 heavy (non-hydrogen) atoms. The van der Waals surface area contributed by atoms with E-state index in [0.29, 0.717) is 16.9 Å². The van der Waals surface area contributed by atoms with E-state index in [1.807, 2.05) is 19.4 Å². The van der Waals surface area contributed by atoms with E-state index in [1.54, 1.807) is 0 Å². The van der Waals surface area contributed by atoms with Crippen LogP contribution in [0.4, 0.5) is 5.69 Å². The molecule has 1 N–H and O–H groups in total. The molecule has 0 spiro atoms. The maximum absolute atomic E-state index is 3.76. The van der Waals surface area contributed by atoms with Crippen LogP contribution < -0.4 is 5.32 Å². The third kappa shape index (κ3) is 7.77. The Morgan fingerprint density at radius 1 is 0.975 bits per heavy atom. The summed E-state index contributed by atoms with van der Waals surface area (Å²) in [5.41, 5.74) is 5.60. The Balaban J connectivity index is 0.00000107. The molecule has 8 unspecified atom stereocenters. The lowest BCUT2D eigenvalue weighted by molar-refractivity contribution is -0.0695. The number of anilines is 1. The van der Waals surface area contributed by atoms with E-state index in [0.717, 1.165) is 29.6 Å². The minimum absolute atomic E-state index is 0. The molecule has 0 aromatic heterocycles. The van der Waals surface area contributed by atoms with Gasteiger partial charge in [-0.05, 0) is 124 Å². The van der Waals surface area contributed by atoms with Crippen LogP contribution in [0.5, 0.6) is 0 Å². The fourth-order valence-corrected chi connectivity index (χ4v) is 9.29. The summed E-state index contributed by atoms with van der Waals surface area (Å²) in [5.74, 6) is 4.83. The van der Waals surface area contributed by atoms with Crippen LogP contribution in [-0.2, 0) is 0 Å². The molecule has 1 heteroatoms. The Morgan fingerprint density at radius 2 is 1.65 bits per heavy atom. The summed E-state index contributed by atoms with van der Waals surface area (Å²) in [4.78, 5) is 0. The molecule has 5 rings (SSSR count). The van der Waals surface area contributed by atoms with Crippen molar-refractivity contribution in [2.75, 3.05) is 5.32 Å². The first-order valence-electron chi connectivity index (χ1n) is 16.7. The summed E-state index contributed by atoms with van der Waals surface area (Å²) in [6, 6.07) is 9.28. The van der Waals surface area contributed by atoms with Crippen LogP contribution in [0.3, 0.4) is 0 Å². The van der Waals surface area contributed by atoms with Gasteiger partial charge in [-0.3, -0.25) is 0 Å². The molecule has 1 aromatic rings. The first-order chi connectivity index (χ1) is 18.2. The molecular weight excluding hydrogens is 482 g/mol. The zero-order valence-corrected chi connectivity index (χ0v) is 26.8. The molecule has 4 aliphatic carbocycles. The Labute approximate surface area is 252 Å². The molecule has 0 aliphatic heterocycles. The van der Waals surface area contributed by atoms with Crippen molar-refractivity contribution in [3.63, 3.8) is 0 Å². The summed E-state index contributed by atoms with van der Waals surface area (Å²) >= 11 is 0. The number of rotatable bonds is 6. The SMILES string of the molecule is C.C.CC.CCC.Cc1ccccc1NC(C)CCCC1CCC2C1CCC1C3(C)CCC(C)CC3=CCC21C. The second-order valence-corrected chi connectivity index (χ2v) is 13.9. The van der Waals surface area contributed by atoms with E-state index < -0.39 is 0 Å². The van der Waals surface area contributed by atoms with Gasteiger partial charge in [0.15, 0.2) is 0 Å². The highest BCUT2D eigenvalue weighted by Crippen LogP contribution is 2.68. The van der Waals surface area contributed by atoms with Crippen LogP contribution in [0.1, 0.15) is 153 Å². The highest BCUT2D eigenvalue weighted by atomic mass is 14.9. The number of nitrogens with one attached hydrogen (secondary N) is 1. The second-order valence-electron chi connectivity index (χ2n) is 13.9. The Hall–Kier alpha value is -1.24. The second kappa shape index (κ2) is 16.4. The summed E-state index contributed by atoms with van der Waals surface area (Å²) in [6.45, 7) is 20.7. The van der Waals surface area contributed by atoms with Gasteiger partial charge in [-0.1, -0.05) is 112 Å². The maximum Gasteiger partial charge on any atom is 0.0371 e. The van der Waals surface area contributed by atoms with Gasteiger partial charge < -0.3 is 5.32 Å². The van der Waals surface area contributed by atoms with E-state index in [1.165, 1.54) is 88.3 Å². The molecular formula is C39H71N. The van der Waals surface area contributed by atoms with Crippen LogP contribution in [0, 0.1) is 47.3 Å². The highest BCUT2D eigenvalue weighted by Gasteiger charge is 2.59. The first kappa shape index (κ1) is 36.8. The lowest BCUT2D eigenvalue weighted by Gasteiger charge is -2.61. The van der Waals surface area contributed by atoms with Gasteiger partial charge in [0.2, 0.25) is 0 Å². The standard InChI is InChI=1S/C32H49N.C3H8.C2H6.2CH4/c1-22-17-19-31(4)26(21-22)18-20-32(5)28-15-13-25(27(28)14-16-30(31)32)11-8-10-24(3)33-29-12-7-6-9-23(29)2;1-3-2;1-2;;/h6-7,9,12,18,22,24-25,27-28,30,33H,8,10-11,13-17,19-21H2,1-5H3;3H2,1-2H3;1-2H3;2*1H4. The van der Waals surface area contributed by atoms with Gasteiger partial charge in [0, 0.05) is 11.7 Å². The van der Waals surface area contributed by atoms with Crippen molar-refractivity contribution in [3.05, 3.63) is 41.5 Å². The monoisotopic (exact) mass is 554 g/mol. The number of hydrogen-bond donors (Lipinski definition) is 1. The molecule has 1 nitrogen and oxygen atoms in total. The molecule has 0 bridgehead atoms. The van der Waals surface area contributed by atoms with E-state index in [9.17, 15) is 0 Å². The van der Waals surface area contributed by atoms with Gasteiger partial charge in [-0.2, -0.15) is 0 Å². The number of benzene rings is 1. The highest BCUT2D eigenvalue weighted by molar-refractivity contribution is 5.50. The van der Waals surface area contributed by atoms with Gasteiger partial charge in [0.05, 0.1) is 0 Å². The molecule has 0 amide bonds. The van der Waals surface area contributed by atoms with Crippen molar-refractivity contribution in [2.45, 2.75) is 160 Å². The van der Waals surface area contributed by atoms with Crippen LogP contribution in [0.2, 0.25) is 0 Å². The van der Waals surface area contributed by atoms with Gasteiger partial charge in [0.1, 0.15) is 0 Å². The number of hydrogen-bond acceptors (Lipinski definition) is 1. The van der Waals surface area contributed by atoms with Crippen molar-refractivity contribution < 1.29 is 0 Å². The Kier molecular flexibility index (Phi) is 15.1. The number of aryl methyl sites for hydroxylation is 1. The van der Waals surface area contributed by atoms with E-state index in [2.05, 4.69) is 84.1 Å². The molecule has 0 heterocycles. The summed E-state index contributed by atoms with van der Waals surface area (Å²) in [7, 11) is 0. The molecule has 0 radical (unpaired) electrons. The van der Waals surface area contributed by atoms with E-state index in [4.69, 9.17) is 0 Å². The minimum atomic E-state index is 0. The van der Waals surface area contributed by atoms with Crippen molar-refractivity contribution in [2.24, 2.45) is 40.4 Å². The van der Waals surface area contributed by atoms with Crippen LogP contribution in [0.25, 0.3) is 0 Å². The average Bonchev–Trinajstić information content (AvgIpc) is 3.32. The number of para-hydroxylation sites is 1. The fourth-order valence-electron chi connectivity index (χ4n) is 9.29.